The quantitative estimate of drug-likeness (QED) is 0.763. The van der Waals surface area contributed by atoms with Crippen molar-refractivity contribution in [1.29, 1.82) is 0 Å². The first-order valence-corrected chi connectivity index (χ1v) is 8.38. The van der Waals surface area contributed by atoms with Gasteiger partial charge in [-0.3, -0.25) is 4.79 Å². The number of rotatable bonds is 8. The molecule has 4 nitrogen and oxygen atoms in total. The number of thiazole rings is 1. The molecule has 0 fully saturated rings. The topological polar surface area (TPSA) is 51.2 Å². The zero-order chi connectivity index (χ0) is 14.2. The average Bonchev–Trinajstić information content (AvgIpc) is 3.08. The van der Waals surface area contributed by atoms with Crippen LogP contribution < -0.4 is 5.32 Å². The first-order chi connectivity index (χ1) is 9.79. The van der Waals surface area contributed by atoms with Crippen molar-refractivity contribution in [1.82, 2.24) is 10.3 Å². The summed E-state index contributed by atoms with van der Waals surface area (Å²) in [5.41, 5.74) is 0.834. The van der Waals surface area contributed by atoms with E-state index < -0.39 is 0 Å². The molecule has 6 heteroatoms. The van der Waals surface area contributed by atoms with Crippen LogP contribution in [0.5, 0.6) is 0 Å². The second kappa shape index (κ2) is 8.14. The monoisotopic (exact) mass is 310 g/mol. The molecular weight excluding hydrogens is 292 g/mol. The Bertz CT molecular complexity index is 523. The van der Waals surface area contributed by atoms with Crippen molar-refractivity contribution in [2.75, 3.05) is 19.8 Å². The first-order valence-electron chi connectivity index (χ1n) is 6.62. The normalized spacial score (nSPS) is 10.7. The molecule has 0 unspecified atom stereocenters. The molecule has 20 heavy (non-hydrogen) atoms. The van der Waals surface area contributed by atoms with Crippen molar-refractivity contribution >= 4 is 28.6 Å². The second-order valence-electron chi connectivity index (χ2n) is 4.20. The minimum absolute atomic E-state index is 0.0181. The molecule has 2 heterocycles. The fraction of sp³-hybridized carbons (Fsp3) is 0.429. The van der Waals surface area contributed by atoms with Crippen LogP contribution in [0.1, 0.15) is 19.0 Å². The number of thiophene rings is 1. The van der Waals surface area contributed by atoms with Crippen molar-refractivity contribution in [2.45, 2.75) is 19.8 Å². The predicted octanol–water partition coefficient (Wildman–Crippen LogP) is 2.96. The number of hydrogen-bond donors (Lipinski definition) is 1. The highest BCUT2D eigenvalue weighted by atomic mass is 32.1. The highest BCUT2D eigenvalue weighted by Crippen LogP contribution is 2.27. The maximum Gasteiger partial charge on any atom is 0.226 e. The summed E-state index contributed by atoms with van der Waals surface area (Å²) in [4.78, 5) is 17.4. The molecular formula is C14H18N2O2S2. The summed E-state index contributed by atoms with van der Waals surface area (Å²) < 4.78 is 5.22. The number of amides is 1. The van der Waals surface area contributed by atoms with Gasteiger partial charge in [-0.15, -0.1) is 22.7 Å². The van der Waals surface area contributed by atoms with Crippen LogP contribution in [0, 0.1) is 0 Å². The molecule has 0 atom stereocenters. The molecule has 2 aromatic heterocycles. The molecule has 2 aromatic rings. The first kappa shape index (κ1) is 15.2. The largest absolute Gasteiger partial charge is 0.382 e. The van der Waals surface area contributed by atoms with Gasteiger partial charge in [-0.05, 0) is 24.8 Å². The minimum atomic E-state index is 0.0181. The van der Waals surface area contributed by atoms with Crippen LogP contribution in [0.15, 0.2) is 22.9 Å². The van der Waals surface area contributed by atoms with Gasteiger partial charge in [0.15, 0.2) is 0 Å². The molecule has 2 rings (SSSR count). The summed E-state index contributed by atoms with van der Waals surface area (Å²) in [6, 6.07) is 4.05. The third-order valence-electron chi connectivity index (χ3n) is 2.62. The lowest BCUT2D eigenvalue weighted by atomic mass is 10.3. The molecule has 0 spiro atoms. The van der Waals surface area contributed by atoms with Crippen molar-refractivity contribution in [3.8, 4) is 9.88 Å². The van der Waals surface area contributed by atoms with Gasteiger partial charge < -0.3 is 10.1 Å². The van der Waals surface area contributed by atoms with Crippen molar-refractivity contribution < 1.29 is 9.53 Å². The number of nitrogens with one attached hydrogen (secondary N) is 1. The lowest BCUT2D eigenvalue weighted by Gasteiger charge is -2.04. The van der Waals surface area contributed by atoms with E-state index in [2.05, 4.69) is 10.3 Å². The van der Waals surface area contributed by atoms with Gasteiger partial charge in [0.05, 0.1) is 17.0 Å². The maximum absolute atomic E-state index is 11.8. The van der Waals surface area contributed by atoms with Crippen molar-refractivity contribution in [3.63, 3.8) is 0 Å². The molecule has 108 valence electrons. The van der Waals surface area contributed by atoms with Gasteiger partial charge in [-0.25, -0.2) is 4.98 Å². The van der Waals surface area contributed by atoms with E-state index in [0.717, 1.165) is 28.6 Å². The Hall–Kier alpha value is -1.24. The fourth-order valence-corrected chi connectivity index (χ4v) is 3.31. The van der Waals surface area contributed by atoms with Crippen LogP contribution in [-0.4, -0.2) is 30.6 Å². The van der Waals surface area contributed by atoms with E-state index in [0.29, 0.717) is 19.6 Å². The maximum atomic E-state index is 11.8. The molecule has 1 N–H and O–H groups in total. The van der Waals surface area contributed by atoms with Gasteiger partial charge in [0.2, 0.25) is 5.91 Å². The Morgan fingerprint density at radius 1 is 1.45 bits per heavy atom. The zero-order valence-electron chi connectivity index (χ0n) is 11.4. The van der Waals surface area contributed by atoms with Gasteiger partial charge in [0.1, 0.15) is 5.01 Å². The lowest BCUT2D eigenvalue weighted by molar-refractivity contribution is -0.120. The average molecular weight is 310 g/mol. The van der Waals surface area contributed by atoms with Crippen LogP contribution in [0.25, 0.3) is 9.88 Å². The SMILES string of the molecule is CCOCCCNC(=O)Cc1csc(-c2cccs2)n1. The molecule has 0 aromatic carbocycles. The molecule has 1 amide bonds. The number of ether oxygens (including phenoxy) is 1. The number of hydrogen-bond acceptors (Lipinski definition) is 5. The molecule has 0 aliphatic carbocycles. The Morgan fingerprint density at radius 3 is 3.10 bits per heavy atom. The summed E-state index contributed by atoms with van der Waals surface area (Å²) in [6.45, 7) is 4.03. The highest BCUT2D eigenvalue weighted by molar-refractivity contribution is 7.20. The molecule has 0 radical (unpaired) electrons. The fourth-order valence-electron chi connectivity index (χ4n) is 1.67. The van der Waals surface area contributed by atoms with Crippen molar-refractivity contribution in [3.05, 3.63) is 28.6 Å². The minimum Gasteiger partial charge on any atom is -0.382 e. The van der Waals surface area contributed by atoms with Gasteiger partial charge in [-0.2, -0.15) is 0 Å². The number of carbonyl (C=O) groups excluding carboxylic acids is 1. The van der Waals surface area contributed by atoms with Crippen LogP contribution in [0.2, 0.25) is 0 Å². The Labute approximate surface area is 126 Å². The third kappa shape index (κ3) is 4.70. The summed E-state index contributed by atoms with van der Waals surface area (Å²) in [5.74, 6) is 0.0181. The zero-order valence-corrected chi connectivity index (χ0v) is 13.1. The summed E-state index contributed by atoms with van der Waals surface area (Å²) in [6.07, 6.45) is 1.19. The van der Waals surface area contributed by atoms with E-state index >= 15 is 0 Å². The molecule has 0 saturated heterocycles. The molecule has 0 bridgehead atoms. The van der Waals surface area contributed by atoms with E-state index in [-0.39, 0.29) is 5.91 Å². The highest BCUT2D eigenvalue weighted by Gasteiger charge is 2.09. The van der Waals surface area contributed by atoms with Gasteiger partial charge in [0.25, 0.3) is 0 Å². The number of nitrogens with zero attached hydrogens (tertiary/aromatic N) is 1. The molecule has 0 aliphatic rings. The summed E-state index contributed by atoms with van der Waals surface area (Å²) in [5, 5.41) is 7.85. The number of carbonyl (C=O) groups is 1. The smallest absolute Gasteiger partial charge is 0.226 e. The van der Waals surface area contributed by atoms with E-state index in [4.69, 9.17) is 4.74 Å². The molecule has 0 saturated carbocycles. The predicted molar refractivity (Wildman–Crippen MR) is 83.3 cm³/mol. The van der Waals surface area contributed by atoms with E-state index in [9.17, 15) is 4.79 Å². The Morgan fingerprint density at radius 2 is 2.35 bits per heavy atom. The van der Waals surface area contributed by atoms with Crippen LogP contribution >= 0.6 is 22.7 Å². The van der Waals surface area contributed by atoms with Crippen molar-refractivity contribution in [2.24, 2.45) is 0 Å². The van der Waals surface area contributed by atoms with E-state index in [1.807, 2.05) is 29.8 Å². The van der Waals surface area contributed by atoms with Gasteiger partial charge in [0, 0.05) is 25.1 Å². The Balaban J connectivity index is 1.74. The van der Waals surface area contributed by atoms with Crippen LogP contribution in [-0.2, 0) is 16.0 Å². The third-order valence-corrected chi connectivity index (χ3v) is 4.55. The molecule has 0 aliphatic heterocycles. The van der Waals surface area contributed by atoms with E-state index in [1.54, 1.807) is 22.7 Å². The summed E-state index contributed by atoms with van der Waals surface area (Å²) >= 11 is 3.25. The lowest BCUT2D eigenvalue weighted by Crippen LogP contribution is -2.26. The van der Waals surface area contributed by atoms with Crippen LogP contribution in [0.3, 0.4) is 0 Å². The second-order valence-corrected chi connectivity index (χ2v) is 6.00. The van der Waals surface area contributed by atoms with Gasteiger partial charge in [-0.1, -0.05) is 6.07 Å². The van der Waals surface area contributed by atoms with Crippen LogP contribution in [0.4, 0.5) is 0 Å². The summed E-state index contributed by atoms with van der Waals surface area (Å²) in [7, 11) is 0. The van der Waals surface area contributed by atoms with Gasteiger partial charge >= 0.3 is 0 Å². The van der Waals surface area contributed by atoms with E-state index in [1.165, 1.54) is 0 Å². The Kier molecular flexibility index (Phi) is 6.17. The standard InChI is InChI=1S/C14H18N2O2S2/c1-2-18-7-4-6-15-13(17)9-11-10-20-14(16-11)12-5-3-8-19-12/h3,5,8,10H,2,4,6-7,9H2,1H3,(H,15,17). The number of aromatic nitrogens is 1.